The van der Waals surface area contributed by atoms with Crippen LogP contribution < -0.4 is 10.6 Å². The van der Waals surface area contributed by atoms with Crippen molar-refractivity contribution in [1.82, 2.24) is 15.2 Å². The topological polar surface area (TPSA) is 66.5 Å². The van der Waals surface area contributed by atoms with Gasteiger partial charge in [0.15, 0.2) is 0 Å². The number of anilines is 2. The van der Waals surface area contributed by atoms with Crippen molar-refractivity contribution >= 4 is 28.3 Å². The summed E-state index contributed by atoms with van der Waals surface area (Å²) in [6.45, 7) is 7.29. The number of rotatable bonds is 8. The molecule has 0 bridgehead atoms. The van der Waals surface area contributed by atoms with Crippen molar-refractivity contribution in [1.29, 1.82) is 0 Å². The molecule has 162 valence electrons. The highest BCUT2D eigenvalue weighted by Gasteiger charge is 2.14. The first-order valence-corrected chi connectivity index (χ1v) is 11.1. The number of para-hydroxylation sites is 1. The Bertz CT molecular complexity index is 1010. The molecule has 2 heterocycles. The van der Waals surface area contributed by atoms with E-state index in [9.17, 15) is 4.79 Å². The molecule has 2 N–H and O–H groups in total. The van der Waals surface area contributed by atoms with Crippen LogP contribution in [0.4, 0.5) is 11.5 Å². The molecule has 0 saturated carbocycles. The molecule has 1 saturated heterocycles. The molecule has 1 aliphatic heterocycles. The Labute approximate surface area is 183 Å². The second-order valence-electron chi connectivity index (χ2n) is 7.81. The molecule has 1 amide bonds. The molecular formula is C25H30N4O2. The van der Waals surface area contributed by atoms with Crippen molar-refractivity contribution in [3.63, 3.8) is 0 Å². The SMILES string of the molecule is CCc1ccc(Nc2cc(C(=O)NCCCN3CCOCC3)c3ccccc3n2)cc1. The van der Waals surface area contributed by atoms with Crippen LogP contribution in [0.25, 0.3) is 10.9 Å². The van der Waals surface area contributed by atoms with Crippen molar-refractivity contribution in [2.45, 2.75) is 19.8 Å². The molecule has 31 heavy (non-hydrogen) atoms. The van der Waals surface area contributed by atoms with Crippen molar-refractivity contribution < 1.29 is 9.53 Å². The van der Waals surface area contributed by atoms with Crippen LogP contribution in [0.1, 0.15) is 29.3 Å². The third kappa shape index (κ3) is 5.60. The highest BCUT2D eigenvalue weighted by Crippen LogP contribution is 2.23. The second kappa shape index (κ2) is 10.4. The van der Waals surface area contributed by atoms with E-state index in [4.69, 9.17) is 9.72 Å². The van der Waals surface area contributed by atoms with Crippen LogP contribution in [0.2, 0.25) is 0 Å². The van der Waals surface area contributed by atoms with Gasteiger partial charge >= 0.3 is 0 Å². The van der Waals surface area contributed by atoms with E-state index in [1.54, 1.807) is 0 Å². The minimum Gasteiger partial charge on any atom is -0.379 e. The number of ether oxygens (including phenoxy) is 1. The largest absolute Gasteiger partial charge is 0.379 e. The van der Waals surface area contributed by atoms with Crippen LogP contribution in [0.3, 0.4) is 0 Å². The predicted molar refractivity (Wildman–Crippen MR) is 125 cm³/mol. The van der Waals surface area contributed by atoms with Crippen LogP contribution in [0.15, 0.2) is 54.6 Å². The number of nitrogens with zero attached hydrogens (tertiary/aromatic N) is 2. The third-order valence-electron chi connectivity index (χ3n) is 5.64. The molecule has 6 nitrogen and oxygen atoms in total. The molecular weight excluding hydrogens is 388 g/mol. The Morgan fingerprint density at radius 2 is 1.87 bits per heavy atom. The zero-order chi connectivity index (χ0) is 21.5. The van der Waals surface area contributed by atoms with Gasteiger partial charge in [0.05, 0.1) is 24.3 Å². The maximum absolute atomic E-state index is 13.0. The van der Waals surface area contributed by atoms with Gasteiger partial charge in [-0.15, -0.1) is 0 Å². The minimum absolute atomic E-state index is 0.0649. The number of fused-ring (bicyclic) bond motifs is 1. The fourth-order valence-corrected chi connectivity index (χ4v) is 3.82. The lowest BCUT2D eigenvalue weighted by Gasteiger charge is -2.26. The first-order valence-electron chi connectivity index (χ1n) is 11.1. The van der Waals surface area contributed by atoms with Crippen LogP contribution in [0, 0.1) is 0 Å². The molecule has 0 atom stereocenters. The Kier molecular flexibility index (Phi) is 7.12. The summed E-state index contributed by atoms with van der Waals surface area (Å²) < 4.78 is 5.38. The van der Waals surface area contributed by atoms with Gasteiger partial charge in [0, 0.05) is 30.7 Å². The van der Waals surface area contributed by atoms with Crippen LogP contribution >= 0.6 is 0 Å². The number of aromatic nitrogens is 1. The van der Waals surface area contributed by atoms with E-state index < -0.39 is 0 Å². The average molecular weight is 419 g/mol. The lowest BCUT2D eigenvalue weighted by atomic mass is 10.1. The van der Waals surface area contributed by atoms with Gasteiger partial charge in [0.2, 0.25) is 0 Å². The molecule has 0 unspecified atom stereocenters. The fourth-order valence-electron chi connectivity index (χ4n) is 3.82. The normalized spacial score (nSPS) is 14.5. The molecule has 0 spiro atoms. The molecule has 0 aliphatic carbocycles. The number of amides is 1. The summed E-state index contributed by atoms with van der Waals surface area (Å²) in [7, 11) is 0. The zero-order valence-electron chi connectivity index (χ0n) is 18.1. The number of hydrogen-bond acceptors (Lipinski definition) is 5. The smallest absolute Gasteiger partial charge is 0.252 e. The summed E-state index contributed by atoms with van der Waals surface area (Å²) in [6.07, 6.45) is 1.92. The summed E-state index contributed by atoms with van der Waals surface area (Å²) >= 11 is 0. The van der Waals surface area contributed by atoms with E-state index in [1.165, 1.54) is 5.56 Å². The number of aryl methyl sites for hydroxylation is 1. The summed E-state index contributed by atoms with van der Waals surface area (Å²) in [4.78, 5) is 20.1. The first-order chi connectivity index (χ1) is 15.2. The predicted octanol–water partition coefficient (Wildman–Crippen LogP) is 3.99. The van der Waals surface area contributed by atoms with E-state index in [1.807, 2.05) is 42.5 Å². The van der Waals surface area contributed by atoms with Gasteiger partial charge in [0.25, 0.3) is 5.91 Å². The van der Waals surface area contributed by atoms with Crippen LogP contribution in [0.5, 0.6) is 0 Å². The monoisotopic (exact) mass is 418 g/mol. The molecule has 1 aliphatic rings. The second-order valence-corrected chi connectivity index (χ2v) is 7.81. The molecule has 4 rings (SSSR count). The first kappa shape index (κ1) is 21.3. The molecule has 3 aromatic rings. The maximum Gasteiger partial charge on any atom is 0.252 e. The lowest BCUT2D eigenvalue weighted by Crippen LogP contribution is -2.38. The van der Waals surface area contributed by atoms with Crippen molar-refractivity contribution in [2.75, 3.05) is 44.7 Å². The van der Waals surface area contributed by atoms with Gasteiger partial charge in [0.1, 0.15) is 5.82 Å². The van der Waals surface area contributed by atoms with Crippen molar-refractivity contribution in [2.24, 2.45) is 0 Å². The number of pyridine rings is 1. The van der Waals surface area contributed by atoms with E-state index in [-0.39, 0.29) is 5.91 Å². The average Bonchev–Trinajstić information content (AvgIpc) is 2.82. The van der Waals surface area contributed by atoms with Gasteiger partial charge in [-0.2, -0.15) is 0 Å². The number of carbonyl (C=O) groups excluding carboxylic acids is 1. The zero-order valence-corrected chi connectivity index (χ0v) is 18.1. The lowest BCUT2D eigenvalue weighted by molar-refractivity contribution is 0.0374. The third-order valence-corrected chi connectivity index (χ3v) is 5.64. The fraction of sp³-hybridized carbons (Fsp3) is 0.360. The Hall–Kier alpha value is -2.96. The van der Waals surface area contributed by atoms with Crippen LogP contribution in [-0.4, -0.2) is 55.2 Å². The molecule has 0 radical (unpaired) electrons. The maximum atomic E-state index is 13.0. The van der Waals surface area contributed by atoms with E-state index >= 15 is 0 Å². The number of nitrogens with one attached hydrogen (secondary N) is 2. The highest BCUT2D eigenvalue weighted by atomic mass is 16.5. The standard InChI is InChI=1S/C25H30N4O2/c1-2-19-8-10-20(11-9-19)27-24-18-22(21-6-3-4-7-23(21)28-24)25(30)26-12-5-13-29-14-16-31-17-15-29/h3-4,6-11,18H,2,5,12-17H2,1H3,(H,26,30)(H,27,28). The summed E-state index contributed by atoms with van der Waals surface area (Å²) in [5.74, 6) is 0.603. The molecule has 1 fully saturated rings. The van der Waals surface area contributed by atoms with E-state index in [0.717, 1.165) is 62.3 Å². The number of morpholine rings is 1. The molecule has 1 aromatic heterocycles. The number of benzene rings is 2. The van der Waals surface area contributed by atoms with Crippen molar-refractivity contribution in [3.8, 4) is 0 Å². The molecule has 6 heteroatoms. The van der Waals surface area contributed by atoms with Gasteiger partial charge in [-0.3, -0.25) is 9.69 Å². The summed E-state index contributed by atoms with van der Waals surface area (Å²) in [5.41, 5.74) is 3.69. The van der Waals surface area contributed by atoms with Gasteiger partial charge < -0.3 is 15.4 Å². The van der Waals surface area contributed by atoms with Gasteiger partial charge in [-0.1, -0.05) is 37.3 Å². The van der Waals surface area contributed by atoms with E-state index in [2.05, 4.69) is 34.6 Å². The van der Waals surface area contributed by atoms with Crippen LogP contribution in [-0.2, 0) is 11.2 Å². The Balaban J connectivity index is 1.45. The number of carbonyl (C=O) groups is 1. The summed E-state index contributed by atoms with van der Waals surface area (Å²) in [5, 5.41) is 7.29. The Morgan fingerprint density at radius 3 is 2.65 bits per heavy atom. The highest BCUT2D eigenvalue weighted by molar-refractivity contribution is 6.07. The van der Waals surface area contributed by atoms with Gasteiger partial charge in [-0.05, 0) is 49.2 Å². The van der Waals surface area contributed by atoms with Crippen molar-refractivity contribution in [3.05, 3.63) is 65.7 Å². The van der Waals surface area contributed by atoms with E-state index in [0.29, 0.717) is 17.9 Å². The number of hydrogen-bond donors (Lipinski definition) is 2. The van der Waals surface area contributed by atoms with Gasteiger partial charge in [-0.25, -0.2) is 4.98 Å². The molecule has 2 aromatic carbocycles. The summed E-state index contributed by atoms with van der Waals surface area (Å²) in [6, 6.07) is 17.9. The Morgan fingerprint density at radius 1 is 1.10 bits per heavy atom. The minimum atomic E-state index is -0.0649. The quantitative estimate of drug-likeness (QED) is 0.542.